The Morgan fingerprint density at radius 1 is 1.28 bits per heavy atom. The molecule has 0 spiro atoms. The van der Waals surface area contributed by atoms with E-state index in [0.29, 0.717) is 6.04 Å². The lowest BCUT2D eigenvalue weighted by Gasteiger charge is -2.14. The third-order valence-electron chi connectivity index (χ3n) is 3.05. The highest BCUT2D eigenvalue weighted by atomic mass is 35.5. The Kier molecular flexibility index (Phi) is 4.81. The van der Waals surface area contributed by atoms with E-state index in [1.807, 2.05) is 36.6 Å². The predicted octanol–water partition coefficient (Wildman–Crippen LogP) is 4.47. The standard InChI is InChI=1S/C15H18ClNS/c1-3-13-7-8-15(18-13)14(17-2)10-11-5-4-6-12(16)9-11/h4-9,14,17H,3,10H2,1-2H3. The monoisotopic (exact) mass is 279 g/mol. The Hall–Kier alpha value is -0.830. The van der Waals surface area contributed by atoms with Gasteiger partial charge >= 0.3 is 0 Å². The molecule has 2 aromatic rings. The SMILES string of the molecule is CCc1ccc(C(Cc2cccc(Cl)c2)NC)s1. The van der Waals surface area contributed by atoms with Crippen molar-refractivity contribution in [3.63, 3.8) is 0 Å². The van der Waals surface area contributed by atoms with Crippen LogP contribution in [0.1, 0.15) is 28.3 Å². The number of aryl methyl sites for hydroxylation is 1. The van der Waals surface area contributed by atoms with Crippen molar-refractivity contribution in [1.29, 1.82) is 0 Å². The van der Waals surface area contributed by atoms with Crippen molar-refractivity contribution in [2.45, 2.75) is 25.8 Å². The summed E-state index contributed by atoms with van der Waals surface area (Å²) in [5, 5.41) is 4.20. The third kappa shape index (κ3) is 3.35. The number of rotatable bonds is 5. The summed E-state index contributed by atoms with van der Waals surface area (Å²) in [7, 11) is 2.01. The quantitative estimate of drug-likeness (QED) is 0.852. The van der Waals surface area contributed by atoms with E-state index in [-0.39, 0.29) is 0 Å². The number of hydrogen-bond donors (Lipinski definition) is 1. The highest BCUT2D eigenvalue weighted by molar-refractivity contribution is 7.12. The topological polar surface area (TPSA) is 12.0 Å². The zero-order valence-electron chi connectivity index (χ0n) is 10.7. The molecule has 0 amide bonds. The van der Waals surface area contributed by atoms with Crippen molar-refractivity contribution < 1.29 is 0 Å². The van der Waals surface area contributed by atoms with E-state index in [1.54, 1.807) is 0 Å². The number of hydrogen-bond acceptors (Lipinski definition) is 2. The van der Waals surface area contributed by atoms with Gasteiger partial charge in [-0.3, -0.25) is 0 Å². The average molecular weight is 280 g/mol. The van der Waals surface area contributed by atoms with Crippen LogP contribution in [0.15, 0.2) is 36.4 Å². The zero-order chi connectivity index (χ0) is 13.0. The largest absolute Gasteiger partial charge is 0.312 e. The lowest BCUT2D eigenvalue weighted by atomic mass is 10.0. The third-order valence-corrected chi connectivity index (χ3v) is 4.63. The van der Waals surface area contributed by atoms with Gasteiger partial charge in [0.25, 0.3) is 0 Å². The normalized spacial score (nSPS) is 12.6. The van der Waals surface area contributed by atoms with Gasteiger partial charge in [-0.1, -0.05) is 30.7 Å². The van der Waals surface area contributed by atoms with Crippen LogP contribution in [0.2, 0.25) is 5.02 Å². The van der Waals surface area contributed by atoms with Gasteiger partial charge in [0, 0.05) is 20.8 Å². The molecule has 1 heterocycles. The van der Waals surface area contributed by atoms with Crippen molar-refractivity contribution in [1.82, 2.24) is 5.32 Å². The van der Waals surface area contributed by atoms with E-state index in [0.717, 1.165) is 17.9 Å². The van der Waals surface area contributed by atoms with Crippen LogP contribution in [-0.4, -0.2) is 7.05 Å². The minimum Gasteiger partial charge on any atom is -0.312 e. The highest BCUT2D eigenvalue weighted by Crippen LogP contribution is 2.26. The molecule has 0 fully saturated rings. The van der Waals surface area contributed by atoms with E-state index in [9.17, 15) is 0 Å². The van der Waals surface area contributed by atoms with Crippen LogP contribution in [0.4, 0.5) is 0 Å². The summed E-state index contributed by atoms with van der Waals surface area (Å²) in [5.74, 6) is 0. The second-order valence-corrected chi connectivity index (χ2v) is 5.97. The van der Waals surface area contributed by atoms with Crippen LogP contribution in [0.3, 0.4) is 0 Å². The van der Waals surface area contributed by atoms with Gasteiger partial charge in [-0.05, 0) is 49.7 Å². The maximum absolute atomic E-state index is 6.03. The molecular formula is C15H18ClNS. The molecule has 1 aromatic heterocycles. The van der Waals surface area contributed by atoms with Gasteiger partial charge < -0.3 is 5.32 Å². The summed E-state index contributed by atoms with van der Waals surface area (Å²) in [5.41, 5.74) is 1.27. The van der Waals surface area contributed by atoms with E-state index < -0.39 is 0 Å². The van der Waals surface area contributed by atoms with Gasteiger partial charge in [0.15, 0.2) is 0 Å². The maximum Gasteiger partial charge on any atom is 0.0453 e. The molecule has 1 unspecified atom stereocenters. The fourth-order valence-corrected chi connectivity index (χ4v) is 3.29. The molecule has 0 aliphatic rings. The molecule has 1 aromatic carbocycles. The van der Waals surface area contributed by atoms with Gasteiger partial charge in [-0.15, -0.1) is 11.3 Å². The first-order valence-corrected chi connectivity index (χ1v) is 7.42. The number of benzene rings is 1. The van der Waals surface area contributed by atoms with Crippen LogP contribution in [0.5, 0.6) is 0 Å². The zero-order valence-corrected chi connectivity index (χ0v) is 12.3. The summed E-state index contributed by atoms with van der Waals surface area (Å²) in [6.45, 7) is 2.20. The van der Waals surface area contributed by atoms with E-state index in [1.165, 1.54) is 15.3 Å². The van der Waals surface area contributed by atoms with Crippen LogP contribution >= 0.6 is 22.9 Å². The number of thiophene rings is 1. The van der Waals surface area contributed by atoms with E-state index in [4.69, 9.17) is 11.6 Å². The average Bonchev–Trinajstić information content (AvgIpc) is 2.84. The summed E-state index contributed by atoms with van der Waals surface area (Å²) in [4.78, 5) is 2.84. The van der Waals surface area contributed by atoms with Crippen LogP contribution < -0.4 is 5.32 Å². The Labute approximate surface area is 118 Å². The fraction of sp³-hybridized carbons (Fsp3) is 0.333. The second kappa shape index (κ2) is 6.37. The molecule has 0 saturated carbocycles. The lowest BCUT2D eigenvalue weighted by molar-refractivity contribution is 0.602. The summed E-state index contributed by atoms with van der Waals surface area (Å²) in [6.07, 6.45) is 2.08. The number of likely N-dealkylation sites (N-methyl/N-ethyl adjacent to an activating group) is 1. The Bertz CT molecular complexity index is 507. The first-order chi connectivity index (χ1) is 8.72. The second-order valence-electron chi connectivity index (χ2n) is 4.33. The molecular weight excluding hydrogens is 262 g/mol. The van der Waals surface area contributed by atoms with Crippen LogP contribution in [0.25, 0.3) is 0 Å². The molecule has 1 atom stereocenters. The summed E-state index contributed by atoms with van der Waals surface area (Å²) >= 11 is 7.92. The number of nitrogens with one attached hydrogen (secondary N) is 1. The molecule has 2 rings (SSSR count). The van der Waals surface area contributed by atoms with Gasteiger partial charge in [-0.2, -0.15) is 0 Å². The maximum atomic E-state index is 6.03. The van der Waals surface area contributed by atoms with Gasteiger partial charge in [0.1, 0.15) is 0 Å². The molecule has 1 N–H and O–H groups in total. The fourth-order valence-electron chi connectivity index (χ4n) is 2.02. The molecule has 0 aliphatic carbocycles. The molecule has 0 bridgehead atoms. The van der Waals surface area contributed by atoms with Crippen molar-refractivity contribution in [2.24, 2.45) is 0 Å². The molecule has 18 heavy (non-hydrogen) atoms. The highest BCUT2D eigenvalue weighted by Gasteiger charge is 2.12. The predicted molar refractivity (Wildman–Crippen MR) is 80.7 cm³/mol. The van der Waals surface area contributed by atoms with Crippen molar-refractivity contribution in [2.75, 3.05) is 7.05 Å². The first-order valence-electron chi connectivity index (χ1n) is 6.23. The smallest absolute Gasteiger partial charge is 0.0453 e. The molecule has 96 valence electrons. The molecule has 3 heteroatoms. The summed E-state index contributed by atoms with van der Waals surface area (Å²) in [6, 6.07) is 12.9. The number of halogens is 1. The molecule has 0 saturated heterocycles. The Morgan fingerprint density at radius 3 is 2.72 bits per heavy atom. The molecule has 1 nitrogen and oxygen atoms in total. The van der Waals surface area contributed by atoms with Gasteiger partial charge in [0.05, 0.1) is 0 Å². The van der Waals surface area contributed by atoms with Crippen molar-refractivity contribution >= 4 is 22.9 Å². The Balaban J connectivity index is 2.14. The van der Waals surface area contributed by atoms with E-state index >= 15 is 0 Å². The van der Waals surface area contributed by atoms with Crippen molar-refractivity contribution in [3.8, 4) is 0 Å². The first kappa shape index (κ1) is 13.6. The van der Waals surface area contributed by atoms with Gasteiger partial charge in [0.2, 0.25) is 0 Å². The van der Waals surface area contributed by atoms with E-state index in [2.05, 4.69) is 30.4 Å². The minimum atomic E-state index is 0.369. The van der Waals surface area contributed by atoms with Crippen LogP contribution in [0, 0.1) is 0 Å². The lowest BCUT2D eigenvalue weighted by Crippen LogP contribution is -2.17. The summed E-state index contributed by atoms with van der Waals surface area (Å²) < 4.78 is 0. The Morgan fingerprint density at radius 2 is 2.11 bits per heavy atom. The van der Waals surface area contributed by atoms with Gasteiger partial charge in [-0.25, -0.2) is 0 Å². The molecule has 0 radical (unpaired) electrons. The van der Waals surface area contributed by atoms with Crippen LogP contribution in [-0.2, 0) is 12.8 Å². The van der Waals surface area contributed by atoms with Crippen molar-refractivity contribution in [3.05, 3.63) is 56.7 Å². The minimum absolute atomic E-state index is 0.369. The molecule has 0 aliphatic heterocycles.